The van der Waals surface area contributed by atoms with Crippen LogP contribution in [0.5, 0.6) is 0 Å². The Hall–Kier alpha value is -2.20. The van der Waals surface area contributed by atoms with Gasteiger partial charge in [0.1, 0.15) is 0 Å². The van der Waals surface area contributed by atoms with Crippen LogP contribution in [0.4, 0.5) is 4.39 Å². The minimum atomic E-state index is -0.254. The van der Waals surface area contributed by atoms with E-state index < -0.39 is 0 Å². The molecule has 3 rings (SSSR count). The second-order valence-electron chi connectivity index (χ2n) is 7.07. The summed E-state index contributed by atoms with van der Waals surface area (Å²) >= 11 is 0. The average Bonchev–Trinajstić information content (AvgIpc) is 2.64. The maximum Gasteiger partial charge on any atom is 0.224 e. The fourth-order valence-electron chi connectivity index (χ4n) is 3.65. The molecule has 0 bridgehead atoms. The molecule has 0 atom stereocenters. The zero-order chi connectivity index (χ0) is 18.4. The fourth-order valence-corrected chi connectivity index (χ4v) is 3.65. The van der Waals surface area contributed by atoms with E-state index in [1.165, 1.54) is 22.3 Å². The molecule has 0 saturated heterocycles. The van der Waals surface area contributed by atoms with Crippen LogP contribution in [0.25, 0.3) is 0 Å². The molecule has 0 spiro atoms. The normalized spacial score (nSPS) is 14.1. The Morgan fingerprint density at radius 3 is 2.88 bits per heavy atom. The van der Waals surface area contributed by atoms with Crippen molar-refractivity contribution in [2.45, 2.75) is 39.3 Å². The molecule has 1 amide bonds. The number of hydrogen-bond acceptors (Lipinski definition) is 2. The highest BCUT2D eigenvalue weighted by Crippen LogP contribution is 2.22. The van der Waals surface area contributed by atoms with Gasteiger partial charge in [-0.15, -0.1) is 0 Å². The maximum absolute atomic E-state index is 12.4. The van der Waals surface area contributed by atoms with E-state index in [2.05, 4.69) is 34.5 Å². The summed E-state index contributed by atoms with van der Waals surface area (Å²) in [6.07, 6.45) is 1.98. The molecule has 1 N–H and O–H groups in total. The van der Waals surface area contributed by atoms with Gasteiger partial charge in [0.25, 0.3) is 0 Å². The first-order valence-corrected chi connectivity index (χ1v) is 9.36. The molecule has 2 aromatic carbocycles. The maximum atomic E-state index is 12.4. The molecular formula is C22H27FN2O. The summed E-state index contributed by atoms with van der Waals surface area (Å²) in [7, 11) is 0. The number of nitrogens with one attached hydrogen (secondary N) is 1. The minimum absolute atomic E-state index is 0.0496. The number of alkyl halides is 1. The average molecular weight is 354 g/mol. The number of rotatable bonds is 7. The van der Waals surface area contributed by atoms with Crippen molar-refractivity contribution in [2.24, 2.45) is 0 Å². The summed E-state index contributed by atoms with van der Waals surface area (Å²) in [5.74, 6) is 0.0496. The second kappa shape index (κ2) is 8.95. The third-order valence-electron chi connectivity index (χ3n) is 4.97. The van der Waals surface area contributed by atoms with E-state index in [0.717, 1.165) is 31.6 Å². The molecule has 1 heterocycles. The third-order valence-corrected chi connectivity index (χ3v) is 4.97. The zero-order valence-electron chi connectivity index (χ0n) is 15.4. The molecule has 4 heteroatoms. The van der Waals surface area contributed by atoms with E-state index in [1.54, 1.807) is 0 Å². The molecule has 0 aliphatic carbocycles. The van der Waals surface area contributed by atoms with Crippen molar-refractivity contribution in [1.29, 1.82) is 0 Å². The number of amides is 1. The lowest BCUT2D eigenvalue weighted by atomic mass is 9.94. The molecule has 138 valence electrons. The van der Waals surface area contributed by atoms with Gasteiger partial charge in [0.15, 0.2) is 0 Å². The summed E-state index contributed by atoms with van der Waals surface area (Å²) in [5, 5.41) is 3.06. The Labute approximate surface area is 155 Å². The first kappa shape index (κ1) is 18.6. The largest absolute Gasteiger partial charge is 0.352 e. The summed E-state index contributed by atoms with van der Waals surface area (Å²) in [5.41, 5.74) is 6.07. The van der Waals surface area contributed by atoms with Crippen molar-refractivity contribution in [2.75, 3.05) is 19.8 Å². The number of benzene rings is 2. The predicted molar refractivity (Wildman–Crippen MR) is 103 cm³/mol. The van der Waals surface area contributed by atoms with Crippen LogP contribution in [-0.4, -0.2) is 30.6 Å². The lowest BCUT2D eigenvalue weighted by molar-refractivity contribution is -0.120. The fraction of sp³-hybridized carbons (Fsp3) is 0.409. The van der Waals surface area contributed by atoms with Crippen LogP contribution < -0.4 is 5.32 Å². The van der Waals surface area contributed by atoms with Gasteiger partial charge < -0.3 is 5.32 Å². The van der Waals surface area contributed by atoms with Gasteiger partial charge in [0.2, 0.25) is 5.91 Å². The van der Waals surface area contributed by atoms with Gasteiger partial charge in [-0.1, -0.05) is 48.0 Å². The molecule has 26 heavy (non-hydrogen) atoms. The number of carbonyl (C=O) groups excluding carboxylic acids is 1. The SMILES string of the molecule is Cc1cccc(CC(=O)NCc2cccc3c2CCN(CCCF)C3)c1. The van der Waals surface area contributed by atoms with Crippen molar-refractivity contribution in [3.05, 3.63) is 70.3 Å². The van der Waals surface area contributed by atoms with E-state index in [-0.39, 0.29) is 12.6 Å². The van der Waals surface area contributed by atoms with Crippen molar-refractivity contribution in [3.63, 3.8) is 0 Å². The van der Waals surface area contributed by atoms with Gasteiger partial charge in [-0.05, 0) is 42.0 Å². The van der Waals surface area contributed by atoms with E-state index in [1.807, 2.05) is 25.1 Å². The number of carbonyl (C=O) groups is 1. The number of hydrogen-bond donors (Lipinski definition) is 1. The van der Waals surface area contributed by atoms with Crippen LogP contribution in [0.3, 0.4) is 0 Å². The smallest absolute Gasteiger partial charge is 0.224 e. The lowest BCUT2D eigenvalue weighted by Crippen LogP contribution is -2.33. The van der Waals surface area contributed by atoms with Gasteiger partial charge in [-0.25, -0.2) is 0 Å². The summed E-state index contributed by atoms with van der Waals surface area (Å²) in [6.45, 7) is 5.00. The van der Waals surface area contributed by atoms with Gasteiger partial charge in [-0.2, -0.15) is 0 Å². The highest BCUT2D eigenvalue weighted by atomic mass is 19.1. The molecule has 3 nitrogen and oxygen atoms in total. The number of nitrogens with zero attached hydrogens (tertiary/aromatic N) is 1. The number of fused-ring (bicyclic) bond motifs is 1. The highest BCUT2D eigenvalue weighted by Gasteiger charge is 2.18. The topological polar surface area (TPSA) is 32.3 Å². The summed E-state index contributed by atoms with van der Waals surface area (Å²) in [6, 6.07) is 14.4. The Morgan fingerprint density at radius 1 is 1.23 bits per heavy atom. The van der Waals surface area contributed by atoms with Gasteiger partial charge in [0.05, 0.1) is 13.1 Å². The van der Waals surface area contributed by atoms with Crippen LogP contribution >= 0.6 is 0 Å². The molecule has 1 aliphatic rings. The number of halogens is 1. The molecule has 0 fully saturated rings. The Morgan fingerprint density at radius 2 is 2.08 bits per heavy atom. The molecule has 1 aliphatic heterocycles. The van der Waals surface area contributed by atoms with Gasteiger partial charge in [0, 0.05) is 26.2 Å². The van der Waals surface area contributed by atoms with E-state index in [4.69, 9.17) is 0 Å². The quantitative estimate of drug-likeness (QED) is 0.824. The lowest BCUT2D eigenvalue weighted by Gasteiger charge is -2.30. The monoisotopic (exact) mass is 354 g/mol. The number of aryl methyl sites for hydroxylation is 1. The first-order valence-electron chi connectivity index (χ1n) is 9.36. The highest BCUT2D eigenvalue weighted by molar-refractivity contribution is 5.78. The Balaban J connectivity index is 1.58. The zero-order valence-corrected chi connectivity index (χ0v) is 15.4. The van der Waals surface area contributed by atoms with Crippen LogP contribution in [0.2, 0.25) is 0 Å². The first-order chi connectivity index (χ1) is 12.7. The molecule has 0 aromatic heterocycles. The predicted octanol–water partition coefficient (Wildman–Crippen LogP) is 3.57. The second-order valence-corrected chi connectivity index (χ2v) is 7.07. The molecule has 0 radical (unpaired) electrons. The van der Waals surface area contributed by atoms with E-state index in [0.29, 0.717) is 19.4 Å². The van der Waals surface area contributed by atoms with Crippen LogP contribution in [0.1, 0.15) is 34.2 Å². The molecular weight excluding hydrogens is 327 g/mol. The van der Waals surface area contributed by atoms with Crippen LogP contribution in [0, 0.1) is 6.92 Å². The van der Waals surface area contributed by atoms with Crippen LogP contribution in [0.15, 0.2) is 42.5 Å². The molecule has 0 unspecified atom stereocenters. The van der Waals surface area contributed by atoms with Gasteiger partial charge in [-0.3, -0.25) is 14.1 Å². The Bertz CT molecular complexity index is 760. The minimum Gasteiger partial charge on any atom is -0.352 e. The van der Waals surface area contributed by atoms with E-state index >= 15 is 0 Å². The van der Waals surface area contributed by atoms with E-state index in [9.17, 15) is 9.18 Å². The van der Waals surface area contributed by atoms with Crippen molar-refractivity contribution < 1.29 is 9.18 Å². The molecule has 0 saturated carbocycles. The van der Waals surface area contributed by atoms with Crippen molar-refractivity contribution in [1.82, 2.24) is 10.2 Å². The van der Waals surface area contributed by atoms with Gasteiger partial charge >= 0.3 is 0 Å². The molecule has 2 aromatic rings. The summed E-state index contributed by atoms with van der Waals surface area (Å²) < 4.78 is 12.4. The third kappa shape index (κ3) is 4.92. The Kier molecular flexibility index (Phi) is 6.40. The van der Waals surface area contributed by atoms with Crippen molar-refractivity contribution >= 4 is 5.91 Å². The standard InChI is InChI=1S/C22H27FN2O/c1-17-5-2-6-18(13-17)14-22(26)24-15-19-7-3-8-20-16-25(11-4-10-23)12-9-21(19)20/h2-3,5-8,13H,4,9-12,14-16H2,1H3,(H,24,26). The van der Waals surface area contributed by atoms with Crippen molar-refractivity contribution in [3.8, 4) is 0 Å². The van der Waals surface area contributed by atoms with Crippen LogP contribution in [-0.2, 0) is 30.7 Å². The summed E-state index contributed by atoms with van der Waals surface area (Å²) in [4.78, 5) is 14.6.